The lowest BCUT2D eigenvalue weighted by Gasteiger charge is -2.32. The van der Waals surface area contributed by atoms with Gasteiger partial charge in [-0.2, -0.15) is 0 Å². The molecule has 0 bridgehead atoms. The number of ether oxygens (including phenoxy) is 1. The Labute approximate surface area is 143 Å². The number of methoxy groups -OCH3 is 1. The molecule has 1 saturated heterocycles. The Kier molecular flexibility index (Phi) is 6.46. The molecule has 0 saturated carbocycles. The molecule has 0 aliphatic carbocycles. The maximum absolute atomic E-state index is 12.5. The number of carbonyl (C=O) groups excluding carboxylic acids is 2. The maximum atomic E-state index is 12.5. The Hall–Kier alpha value is -2.24. The first-order valence-electron chi connectivity index (χ1n) is 8.53. The number of aryl methyl sites for hydroxylation is 1. The molecule has 1 aliphatic rings. The van der Waals surface area contributed by atoms with Crippen molar-refractivity contribution in [3.8, 4) is 5.75 Å². The summed E-state index contributed by atoms with van der Waals surface area (Å²) in [6, 6.07) is 5.38. The Morgan fingerprint density at radius 1 is 1.38 bits per heavy atom. The summed E-state index contributed by atoms with van der Waals surface area (Å²) in [6.45, 7) is 5.79. The van der Waals surface area contributed by atoms with E-state index in [0.29, 0.717) is 19.6 Å². The van der Waals surface area contributed by atoms with Crippen molar-refractivity contribution in [3.63, 3.8) is 0 Å². The summed E-state index contributed by atoms with van der Waals surface area (Å²) in [5, 5.41) is 5.83. The van der Waals surface area contributed by atoms with E-state index in [9.17, 15) is 9.59 Å². The van der Waals surface area contributed by atoms with Crippen molar-refractivity contribution >= 4 is 17.6 Å². The Balaban J connectivity index is 1.94. The molecule has 1 heterocycles. The van der Waals surface area contributed by atoms with Gasteiger partial charge in [-0.05, 0) is 49.9 Å². The summed E-state index contributed by atoms with van der Waals surface area (Å²) in [7, 11) is 1.62. The van der Waals surface area contributed by atoms with Gasteiger partial charge in [0.1, 0.15) is 5.75 Å². The number of urea groups is 1. The lowest BCUT2D eigenvalue weighted by molar-refractivity contribution is -0.126. The summed E-state index contributed by atoms with van der Waals surface area (Å²) in [4.78, 5) is 26.3. The van der Waals surface area contributed by atoms with E-state index >= 15 is 0 Å². The van der Waals surface area contributed by atoms with E-state index in [4.69, 9.17) is 4.74 Å². The minimum atomic E-state index is -0.160. The fourth-order valence-electron chi connectivity index (χ4n) is 2.93. The molecule has 24 heavy (non-hydrogen) atoms. The van der Waals surface area contributed by atoms with E-state index in [1.54, 1.807) is 12.0 Å². The number of amides is 3. The van der Waals surface area contributed by atoms with E-state index in [0.717, 1.165) is 36.3 Å². The highest BCUT2D eigenvalue weighted by Crippen LogP contribution is 2.22. The zero-order valence-electron chi connectivity index (χ0n) is 14.7. The van der Waals surface area contributed by atoms with Gasteiger partial charge in [-0.15, -0.1) is 0 Å². The summed E-state index contributed by atoms with van der Waals surface area (Å²) in [5.41, 5.74) is 1.70. The molecule has 0 radical (unpaired) electrons. The van der Waals surface area contributed by atoms with Gasteiger partial charge in [-0.25, -0.2) is 4.79 Å². The fourth-order valence-corrected chi connectivity index (χ4v) is 2.93. The second kappa shape index (κ2) is 8.57. The van der Waals surface area contributed by atoms with E-state index in [1.165, 1.54) is 0 Å². The third kappa shape index (κ3) is 4.63. The van der Waals surface area contributed by atoms with Crippen molar-refractivity contribution in [2.45, 2.75) is 33.1 Å². The number of hydrogen-bond donors (Lipinski definition) is 2. The predicted molar refractivity (Wildman–Crippen MR) is 94.3 cm³/mol. The van der Waals surface area contributed by atoms with Crippen LogP contribution in [0.5, 0.6) is 5.75 Å². The van der Waals surface area contributed by atoms with Gasteiger partial charge in [0, 0.05) is 25.3 Å². The van der Waals surface area contributed by atoms with Crippen LogP contribution in [0.1, 0.15) is 31.7 Å². The lowest BCUT2D eigenvalue weighted by Crippen LogP contribution is -2.47. The van der Waals surface area contributed by atoms with Crippen LogP contribution >= 0.6 is 0 Å². The summed E-state index contributed by atoms with van der Waals surface area (Å²) >= 11 is 0. The molecule has 2 rings (SSSR count). The highest BCUT2D eigenvalue weighted by atomic mass is 16.5. The molecule has 6 nitrogen and oxygen atoms in total. The van der Waals surface area contributed by atoms with Crippen molar-refractivity contribution in [2.75, 3.05) is 32.1 Å². The number of hydrogen-bond acceptors (Lipinski definition) is 3. The van der Waals surface area contributed by atoms with Crippen LogP contribution in [0.15, 0.2) is 18.2 Å². The molecule has 1 fully saturated rings. The van der Waals surface area contributed by atoms with Crippen LogP contribution in [0.25, 0.3) is 0 Å². The van der Waals surface area contributed by atoms with Crippen molar-refractivity contribution in [3.05, 3.63) is 23.8 Å². The van der Waals surface area contributed by atoms with Gasteiger partial charge in [-0.1, -0.05) is 6.92 Å². The number of piperidine rings is 1. The molecule has 1 aromatic rings. The SMILES string of the molecule is CCCNC(=O)[C@H]1CCCN(C(=O)Nc2ccc(OC)c(C)c2)C1. The van der Waals surface area contributed by atoms with Gasteiger partial charge in [0.2, 0.25) is 5.91 Å². The number of benzene rings is 1. The minimum Gasteiger partial charge on any atom is -0.496 e. The standard InChI is InChI=1S/C18H27N3O3/c1-4-9-19-17(22)14-6-5-10-21(12-14)18(23)20-15-7-8-16(24-3)13(2)11-15/h7-8,11,14H,4-6,9-10,12H2,1-3H3,(H,19,22)(H,20,23)/t14-/m0/s1. The predicted octanol–water partition coefficient (Wildman–Crippen LogP) is 2.77. The molecule has 3 amide bonds. The van der Waals surface area contributed by atoms with Crippen LogP contribution < -0.4 is 15.4 Å². The van der Waals surface area contributed by atoms with E-state index in [-0.39, 0.29) is 17.9 Å². The van der Waals surface area contributed by atoms with E-state index in [2.05, 4.69) is 10.6 Å². The Morgan fingerprint density at radius 3 is 2.83 bits per heavy atom. The molecular weight excluding hydrogens is 306 g/mol. The first-order valence-corrected chi connectivity index (χ1v) is 8.53. The fraction of sp³-hybridized carbons (Fsp3) is 0.556. The largest absolute Gasteiger partial charge is 0.496 e. The van der Waals surface area contributed by atoms with Crippen molar-refractivity contribution in [2.24, 2.45) is 5.92 Å². The molecule has 2 N–H and O–H groups in total. The molecule has 0 unspecified atom stereocenters. The monoisotopic (exact) mass is 333 g/mol. The molecule has 1 aromatic carbocycles. The van der Waals surface area contributed by atoms with Gasteiger partial charge in [-0.3, -0.25) is 4.79 Å². The van der Waals surface area contributed by atoms with Crippen LogP contribution in [-0.4, -0.2) is 43.6 Å². The van der Waals surface area contributed by atoms with Crippen molar-refractivity contribution in [1.82, 2.24) is 10.2 Å². The van der Waals surface area contributed by atoms with Crippen molar-refractivity contribution in [1.29, 1.82) is 0 Å². The molecule has 0 spiro atoms. The quantitative estimate of drug-likeness (QED) is 0.870. The van der Waals surface area contributed by atoms with Crippen LogP contribution in [-0.2, 0) is 4.79 Å². The zero-order valence-corrected chi connectivity index (χ0v) is 14.7. The Bertz CT molecular complexity index is 589. The number of carbonyl (C=O) groups is 2. The van der Waals surface area contributed by atoms with Gasteiger partial charge >= 0.3 is 6.03 Å². The molecule has 132 valence electrons. The van der Waals surface area contributed by atoms with E-state index < -0.39 is 0 Å². The van der Waals surface area contributed by atoms with Crippen molar-refractivity contribution < 1.29 is 14.3 Å². The number of nitrogens with zero attached hydrogens (tertiary/aromatic N) is 1. The topological polar surface area (TPSA) is 70.7 Å². The second-order valence-corrected chi connectivity index (χ2v) is 6.19. The molecule has 1 aliphatic heterocycles. The molecule has 1 atom stereocenters. The normalized spacial score (nSPS) is 17.3. The smallest absolute Gasteiger partial charge is 0.321 e. The van der Waals surface area contributed by atoms with Gasteiger partial charge in [0.05, 0.1) is 13.0 Å². The third-order valence-electron chi connectivity index (χ3n) is 4.27. The Morgan fingerprint density at radius 2 is 2.17 bits per heavy atom. The second-order valence-electron chi connectivity index (χ2n) is 6.19. The average molecular weight is 333 g/mol. The number of nitrogens with one attached hydrogen (secondary N) is 2. The number of anilines is 1. The molecular formula is C18H27N3O3. The molecule has 0 aromatic heterocycles. The number of likely N-dealkylation sites (tertiary alicyclic amines) is 1. The lowest BCUT2D eigenvalue weighted by atomic mass is 9.97. The summed E-state index contributed by atoms with van der Waals surface area (Å²) in [6.07, 6.45) is 2.60. The summed E-state index contributed by atoms with van der Waals surface area (Å²) < 4.78 is 5.23. The maximum Gasteiger partial charge on any atom is 0.321 e. The highest BCUT2D eigenvalue weighted by molar-refractivity contribution is 5.90. The summed E-state index contributed by atoms with van der Waals surface area (Å²) in [5.74, 6) is 0.724. The van der Waals surface area contributed by atoms with Crippen LogP contribution in [0, 0.1) is 12.8 Å². The van der Waals surface area contributed by atoms with Crippen LogP contribution in [0.4, 0.5) is 10.5 Å². The molecule has 6 heteroatoms. The van der Waals surface area contributed by atoms with E-state index in [1.807, 2.05) is 32.0 Å². The average Bonchev–Trinajstić information content (AvgIpc) is 2.60. The van der Waals surface area contributed by atoms with Crippen LogP contribution in [0.3, 0.4) is 0 Å². The first kappa shape index (κ1) is 18.1. The first-order chi connectivity index (χ1) is 11.5. The highest BCUT2D eigenvalue weighted by Gasteiger charge is 2.28. The van der Waals surface area contributed by atoms with Gasteiger partial charge in [0.15, 0.2) is 0 Å². The van der Waals surface area contributed by atoms with Crippen LogP contribution in [0.2, 0.25) is 0 Å². The minimum absolute atomic E-state index is 0.0506. The third-order valence-corrected chi connectivity index (χ3v) is 4.27. The van der Waals surface area contributed by atoms with Gasteiger partial charge < -0.3 is 20.3 Å². The van der Waals surface area contributed by atoms with Gasteiger partial charge in [0.25, 0.3) is 0 Å². The number of rotatable bonds is 5. The zero-order chi connectivity index (χ0) is 17.5.